The Morgan fingerprint density at radius 3 is 2.43 bits per heavy atom. The summed E-state index contributed by atoms with van der Waals surface area (Å²) in [5.41, 5.74) is 0. The molecule has 0 fully saturated rings. The van der Waals surface area contributed by atoms with Crippen molar-refractivity contribution >= 4 is 36.0 Å². The summed E-state index contributed by atoms with van der Waals surface area (Å²) in [6, 6.07) is 0. The molecule has 0 amide bonds. The van der Waals surface area contributed by atoms with Crippen LogP contribution in [0, 0.1) is 0 Å². The molecule has 7 heavy (non-hydrogen) atoms. The van der Waals surface area contributed by atoms with Gasteiger partial charge in [0.15, 0.2) is 0 Å². The number of hydrogen-bond donors (Lipinski definition) is 0. The van der Waals surface area contributed by atoms with Gasteiger partial charge in [0, 0.05) is 0 Å². The van der Waals surface area contributed by atoms with Crippen molar-refractivity contribution < 1.29 is 9.53 Å². The van der Waals surface area contributed by atoms with Crippen LogP contribution in [0.1, 0.15) is 0 Å². The van der Waals surface area contributed by atoms with E-state index in [-0.39, 0.29) is 29.6 Å². The summed E-state index contributed by atoms with van der Waals surface area (Å²) >= 11 is 0. The molecular weight excluding hydrogens is 103 g/mol. The predicted octanol–water partition coefficient (Wildman–Crippen LogP) is -0.303. The predicted molar refractivity (Wildman–Crippen MR) is 29.4 cm³/mol. The van der Waals surface area contributed by atoms with E-state index in [4.69, 9.17) is 0 Å². The molecule has 0 radical (unpaired) electrons. The molecule has 0 aromatic rings. The molecule has 3 heteroatoms. The van der Waals surface area contributed by atoms with Gasteiger partial charge in [-0.3, -0.25) is 4.79 Å². The van der Waals surface area contributed by atoms with Crippen LogP contribution in [0.2, 0.25) is 0 Å². The Kier molecular flexibility index (Phi) is 13.9. The van der Waals surface area contributed by atoms with Crippen LogP contribution in [-0.4, -0.2) is 42.6 Å². The first-order chi connectivity index (χ1) is 2.91. The molecular formula is C4H7NaO2. The fourth-order valence-electron chi connectivity index (χ4n) is 0.107. The first-order valence-electron chi connectivity index (χ1n) is 1.58. The van der Waals surface area contributed by atoms with Gasteiger partial charge >= 0.3 is 29.6 Å². The van der Waals surface area contributed by atoms with E-state index < -0.39 is 0 Å². The van der Waals surface area contributed by atoms with E-state index in [1.165, 1.54) is 6.08 Å². The summed E-state index contributed by atoms with van der Waals surface area (Å²) in [5, 5.41) is 0. The average Bonchev–Trinajstić information content (AvgIpc) is 1.61. The number of carbonyl (C=O) groups excluding carboxylic acids is 1. The van der Waals surface area contributed by atoms with Gasteiger partial charge < -0.3 is 4.74 Å². The molecule has 0 rings (SSSR count). The second-order valence-corrected chi connectivity index (χ2v) is 0.718. The number of rotatable bonds is 3. The van der Waals surface area contributed by atoms with Crippen LogP contribution in [0.3, 0.4) is 0 Å². The van der Waals surface area contributed by atoms with E-state index in [2.05, 4.69) is 11.3 Å². The molecule has 0 spiro atoms. The summed E-state index contributed by atoms with van der Waals surface area (Å²) in [6.45, 7) is 4.01. The molecule has 0 unspecified atom stereocenters. The Morgan fingerprint density at radius 2 is 2.29 bits per heavy atom. The van der Waals surface area contributed by atoms with Crippen molar-refractivity contribution in [3.05, 3.63) is 12.7 Å². The standard InChI is InChI=1S/C4H6O2.Na.H/c1-2-3-6-4-5;;/h2,4H,1,3H2;;. The van der Waals surface area contributed by atoms with Crippen molar-refractivity contribution in [1.29, 1.82) is 0 Å². The monoisotopic (exact) mass is 110 g/mol. The van der Waals surface area contributed by atoms with Crippen LogP contribution in [0.25, 0.3) is 0 Å². The van der Waals surface area contributed by atoms with Gasteiger partial charge in [-0.05, 0) is 0 Å². The Balaban J connectivity index is 0. The third-order valence-corrected chi connectivity index (χ3v) is 0.282. The Hall–Kier alpha value is 0.210. The molecule has 0 aliphatic carbocycles. The SMILES string of the molecule is C=CCOC=O.[NaH]. The second kappa shape index (κ2) is 9.51. The van der Waals surface area contributed by atoms with Gasteiger partial charge in [-0.15, -0.1) is 0 Å². The second-order valence-electron chi connectivity index (χ2n) is 0.718. The van der Waals surface area contributed by atoms with E-state index in [0.717, 1.165) is 0 Å². The summed E-state index contributed by atoms with van der Waals surface area (Å²) in [7, 11) is 0. The van der Waals surface area contributed by atoms with Crippen molar-refractivity contribution in [1.82, 2.24) is 0 Å². The average molecular weight is 110 g/mol. The Bertz CT molecular complexity index is 45.7. The fraction of sp³-hybridized carbons (Fsp3) is 0.250. The van der Waals surface area contributed by atoms with Crippen molar-refractivity contribution in [3.63, 3.8) is 0 Å². The quantitative estimate of drug-likeness (QED) is 0.216. The Labute approximate surface area is 64.8 Å². The van der Waals surface area contributed by atoms with Gasteiger partial charge in [0.25, 0.3) is 6.47 Å². The Morgan fingerprint density at radius 1 is 1.71 bits per heavy atom. The zero-order valence-electron chi connectivity index (χ0n) is 3.39. The summed E-state index contributed by atoms with van der Waals surface area (Å²) in [6.07, 6.45) is 1.51. The van der Waals surface area contributed by atoms with Crippen LogP contribution in [0.4, 0.5) is 0 Å². The molecule has 0 bridgehead atoms. The molecule has 36 valence electrons. The summed E-state index contributed by atoms with van der Waals surface area (Å²) in [5.74, 6) is 0. The van der Waals surface area contributed by atoms with Crippen molar-refractivity contribution in [2.75, 3.05) is 6.61 Å². The zero-order valence-corrected chi connectivity index (χ0v) is 3.39. The number of ether oxygens (including phenoxy) is 1. The summed E-state index contributed by atoms with van der Waals surface area (Å²) in [4.78, 5) is 9.29. The van der Waals surface area contributed by atoms with Crippen LogP contribution in [0.5, 0.6) is 0 Å². The molecule has 0 saturated carbocycles. The summed E-state index contributed by atoms with van der Waals surface area (Å²) < 4.78 is 4.18. The molecule has 0 heterocycles. The van der Waals surface area contributed by atoms with Gasteiger partial charge in [-0.25, -0.2) is 0 Å². The molecule has 2 nitrogen and oxygen atoms in total. The van der Waals surface area contributed by atoms with Crippen molar-refractivity contribution in [3.8, 4) is 0 Å². The molecule has 0 aromatic carbocycles. The molecule has 0 aliphatic rings. The molecule has 0 aliphatic heterocycles. The normalized spacial score (nSPS) is 5.71. The zero-order chi connectivity index (χ0) is 4.83. The van der Waals surface area contributed by atoms with Gasteiger partial charge in [-0.1, -0.05) is 12.7 Å². The van der Waals surface area contributed by atoms with Crippen LogP contribution < -0.4 is 0 Å². The number of hydrogen-bond acceptors (Lipinski definition) is 2. The molecule has 0 saturated heterocycles. The van der Waals surface area contributed by atoms with E-state index >= 15 is 0 Å². The van der Waals surface area contributed by atoms with Crippen molar-refractivity contribution in [2.24, 2.45) is 0 Å². The fourth-order valence-corrected chi connectivity index (χ4v) is 0.107. The van der Waals surface area contributed by atoms with Gasteiger partial charge in [0.05, 0.1) is 0 Å². The van der Waals surface area contributed by atoms with E-state index in [1.807, 2.05) is 0 Å². The molecule has 0 aromatic heterocycles. The molecule has 0 atom stereocenters. The van der Waals surface area contributed by atoms with E-state index in [1.54, 1.807) is 0 Å². The van der Waals surface area contributed by atoms with E-state index in [0.29, 0.717) is 13.1 Å². The number of carbonyl (C=O) groups is 1. The topological polar surface area (TPSA) is 26.3 Å². The third-order valence-electron chi connectivity index (χ3n) is 0.282. The van der Waals surface area contributed by atoms with Crippen LogP contribution >= 0.6 is 0 Å². The maximum atomic E-state index is 9.29. The molecule has 0 N–H and O–H groups in total. The van der Waals surface area contributed by atoms with Crippen molar-refractivity contribution in [2.45, 2.75) is 0 Å². The maximum absolute atomic E-state index is 9.29. The first kappa shape index (κ1) is 10.2. The van der Waals surface area contributed by atoms with Crippen LogP contribution in [0.15, 0.2) is 12.7 Å². The van der Waals surface area contributed by atoms with Gasteiger partial charge in [-0.2, -0.15) is 0 Å². The van der Waals surface area contributed by atoms with E-state index in [9.17, 15) is 4.79 Å². The third kappa shape index (κ3) is 10.7. The minimum atomic E-state index is 0. The first-order valence-corrected chi connectivity index (χ1v) is 1.58. The van der Waals surface area contributed by atoms with Crippen LogP contribution in [-0.2, 0) is 9.53 Å². The minimum absolute atomic E-state index is 0. The van der Waals surface area contributed by atoms with Gasteiger partial charge in [0.2, 0.25) is 0 Å². The van der Waals surface area contributed by atoms with Gasteiger partial charge in [0.1, 0.15) is 6.61 Å².